The van der Waals surface area contributed by atoms with E-state index in [1.165, 1.54) is 6.07 Å². The van der Waals surface area contributed by atoms with E-state index in [9.17, 15) is 24.8 Å². The molecule has 9 heteroatoms. The SMILES string of the molecule is CCCCOC(=O)N[C@@H](C(=O)O)c1ccc(O)c([N+](=O)[O-])c1. The van der Waals surface area contributed by atoms with E-state index < -0.39 is 34.5 Å². The number of alkyl carbamates (subject to hydrolysis) is 1. The Labute approximate surface area is 125 Å². The molecule has 1 rings (SSSR count). The van der Waals surface area contributed by atoms with Gasteiger partial charge in [0.25, 0.3) is 0 Å². The minimum atomic E-state index is -1.52. The van der Waals surface area contributed by atoms with Crippen molar-refractivity contribution < 1.29 is 29.5 Å². The number of nitrogens with zero attached hydrogens (tertiary/aromatic N) is 1. The van der Waals surface area contributed by atoms with Crippen molar-refractivity contribution in [2.45, 2.75) is 25.8 Å². The van der Waals surface area contributed by atoms with Crippen LogP contribution in [0.25, 0.3) is 0 Å². The lowest BCUT2D eigenvalue weighted by Gasteiger charge is -2.15. The first kappa shape index (κ1) is 17.2. The van der Waals surface area contributed by atoms with Crippen molar-refractivity contribution in [2.75, 3.05) is 6.61 Å². The summed E-state index contributed by atoms with van der Waals surface area (Å²) in [4.78, 5) is 32.6. The number of hydrogen-bond donors (Lipinski definition) is 3. The van der Waals surface area contributed by atoms with Crippen LogP contribution in [-0.2, 0) is 9.53 Å². The summed E-state index contributed by atoms with van der Waals surface area (Å²) >= 11 is 0. The van der Waals surface area contributed by atoms with Gasteiger partial charge in [-0.15, -0.1) is 0 Å². The Kier molecular flexibility index (Phi) is 6.11. The highest BCUT2D eigenvalue weighted by molar-refractivity contribution is 5.81. The standard InChI is InChI=1S/C13H16N2O7/c1-2-3-6-22-13(19)14-11(12(17)18)8-4-5-10(16)9(7-8)15(20)21/h4-5,7,11,16H,2-3,6H2,1H3,(H,14,19)(H,17,18)/t11-/m1/s1. The van der Waals surface area contributed by atoms with Crippen molar-refractivity contribution in [3.05, 3.63) is 33.9 Å². The summed E-state index contributed by atoms with van der Waals surface area (Å²) in [7, 11) is 0. The monoisotopic (exact) mass is 312 g/mol. The Balaban J connectivity index is 2.92. The molecule has 0 saturated carbocycles. The Morgan fingerprint density at radius 3 is 2.68 bits per heavy atom. The van der Waals surface area contributed by atoms with E-state index in [2.05, 4.69) is 5.32 Å². The van der Waals surface area contributed by atoms with Crippen molar-refractivity contribution in [1.82, 2.24) is 5.32 Å². The highest BCUT2D eigenvalue weighted by Crippen LogP contribution is 2.29. The molecule has 0 radical (unpaired) electrons. The predicted octanol–water partition coefficient (Wildman–Crippen LogP) is 1.95. The van der Waals surface area contributed by atoms with Crippen LogP contribution in [0.2, 0.25) is 0 Å². The van der Waals surface area contributed by atoms with Crippen molar-refractivity contribution >= 4 is 17.7 Å². The Hall–Kier alpha value is -2.84. The molecule has 0 aliphatic heterocycles. The summed E-state index contributed by atoms with van der Waals surface area (Å²) in [5.74, 6) is -2.00. The van der Waals surface area contributed by atoms with Gasteiger partial charge < -0.3 is 20.3 Å². The number of carboxylic acid groups (broad SMARTS) is 1. The zero-order valence-electron chi connectivity index (χ0n) is 11.8. The van der Waals surface area contributed by atoms with Gasteiger partial charge in [-0.2, -0.15) is 0 Å². The van der Waals surface area contributed by atoms with Crippen LogP contribution in [0.1, 0.15) is 31.4 Å². The van der Waals surface area contributed by atoms with Gasteiger partial charge in [-0.25, -0.2) is 9.59 Å². The smallest absolute Gasteiger partial charge is 0.408 e. The molecular formula is C13H16N2O7. The largest absolute Gasteiger partial charge is 0.502 e. The fourth-order valence-corrected chi connectivity index (χ4v) is 1.62. The number of amides is 1. The number of phenols is 1. The molecule has 0 aliphatic rings. The third-order valence-corrected chi connectivity index (χ3v) is 2.77. The molecule has 1 amide bonds. The number of ether oxygens (including phenoxy) is 1. The minimum absolute atomic E-state index is 0.0514. The number of carboxylic acids is 1. The number of unbranched alkanes of at least 4 members (excludes halogenated alkanes) is 1. The number of carbonyl (C=O) groups excluding carboxylic acids is 1. The van der Waals surface area contributed by atoms with Crippen LogP contribution in [0.5, 0.6) is 5.75 Å². The molecule has 22 heavy (non-hydrogen) atoms. The third kappa shape index (κ3) is 4.62. The van der Waals surface area contributed by atoms with Gasteiger partial charge in [-0.05, 0) is 18.1 Å². The first-order valence-electron chi connectivity index (χ1n) is 6.50. The van der Waals surface area contributed by atoms with Crippen molar-refractivity contribution in [2.24, 2.45) is 0 Å². The highest BCUT2D eigenvalue weighted by atomic mass is 16.6. The van der Waals surface area contributed by atoms with Gasteiger partial charge >= 0.3 is 17.7 Å². The molecule has 0 unspecified atom stereocenters. The molecule has 1 aromatic rings. The quantitative estimate of drug-likeness (QED) is 0.397. The van der Waals surface area contributed by atoms with Crippen LogP contribution in [0.4, 0.5) is 10.5 Å². The highest BCUT2D eigenvalue weighted by Gasteiger charge is 2.26. The van der Waals surface area contributed by atoms with Crippen LogP contribution in [0.3, 0.4) is 0 Å². The lowest BCUT2D eigenvalue weighted by molar-refractivity contribution is -0.385. The Morgan fingerprint density at radius 2 is 2.14 bits per heavy atom. The van der Waals surface area contributed by atoms with E-state index in [4.69, 9.17) is 9.84 Å². The average molecular weight is 312 g/mol. The van der Waals surface area contributed by atoms with E-state index in [1.807, 2.05) is 6.92 Å². The molecule has 0 aromatic heterocycles. The third-order valence-electron chi connectivity index (χ3n) is 2.77. The number of phenolic OH excluding ortho intramolecular Hbond substituents is 1. The molecule has 0 saturated heterocycles. The topological polar surface area (TPSA) is 139 Å². The maximum atomic E-state index is 11.5. The molecule has 1 aromatic carbocycles. The van der Waals surface area contributed by atoms with Crippen molar-refractivity contribution in [3.63, 3.8) is 0 Å². The number of nitro groups is 1. The molecule has 0 fully saturated rings. The molecule has 0 heterocycles. The number of nitrogens with one attached hydrogen (secondary N) is 1. The maximum Gasteiger partial charge on any atom is 0.408 e. The molecule has 0 aliphatic carbocycles. The summed E-state index contributed by atoms with van der Waals surface area (Å²) in [6.45, 7) is 2.04. The summed E-state index contributed by atoms with van der Waals surface area (Å²) in [6, 6.07) is 1.54. The molecule has 3 N–H and O–H groups in total. The second-order valence-corrected chi connectivity index (χ2v) is 4.41. The van der Waals surface area contributed by atoms with E-state index in [-0.39, 0.29) is 12.2 Å². The van der Waals surface area contributed by atoms with Crippen molar-refractivity contribution in [3.8, 4) is 5.75 Å². The van der Waals surface area contributed by atoms with E-state index in [1.54, 1.807) is 0 Å². The minimum Gasteiger partial charge on any atom is -0.502 e. The average Bonchev–Trinajstić information content (AvgIpc) is 2.45. The fraction of sp³-hybridized carbons (Fsp3) is 0.385. The van der Waals surface area contributed by atoms with Gasteiger partial charge in [-0.1, -0.05) is 19.4 Å². The van der Waals surface area contributed by atoms with E-state index >= 15 is 0 Å². The molecule has 120 valence electrons. The van der Waals surface area contributed by atoms with Crippen LogP contribution in [-0.4, -0.2) is 33.8 Å². The zero-order chi connectivity index (χ0) is 16.7. The summed E-state index contributed by atoms with van der Waals surface area (Å²) < 4.78 is 4.79. The molecule has 9 nitrogen and oxygen atoms in total. The normalized spacial score (nSPS) is 11.5. The summed E-state index contributed by atoms with van der Waals surface area (Å²) in [6.07, 6.45) is 0.506. The van der Waals surface area contributed by atoms with Crippen molar-refractivity contribution in [1.29, 1.82) is 0 Å². The van der Waals surface area contributed by atoms with Gasteiger partial charge in [0.2, 0.25) is 0 Å². The first-order chi connectivity index (χ1) is 10.4. The second kappa shape index (κ2) is 7.81. The second-order valence-electron chi connectivity index (χ2n) is 4.41. The number of aliphatic carboxylic acids is 1. The van der Waals surface area contributed by atoms with Crippen LogP contribution in [0.15, 0.2) is 18.2 Å². The predicted molar refractivity (Wildman–Crippen MR) is 74.5 cm³/mol. The molecule has 0 spiro atoms. The van der Waals surface area contributed by atoms with E-state index in [0.29, 0.717) is 6.42 Å². The van der Waals surface area contributed by atoms with E-state index in [0.717, 1.165) is 18.6 Å². The van der Waals surface area contributed by atoms with Crippen LogP contribution >= 0.6 is 0 Å². The number of hydrogen-bond acceptors (Lipinski definition) is 6. The number of benzene rings is 1. The van der Waals surface area contributed by atoms with Gasteiger partial charge in [0, 0.05) is 6.07 Å². The Morgan fingerprint density at radius 1 is 1.45 bits per heavy atom. The van der Waals surface area contributed by atoms with Crippen LogP contribution < -0.4 is 5.32 Å². The molecular weight excluding hydrogens is 296 g/mol. The van der Waals surface area contributed by atoms with Crippen LogP contribution in [0, 0.1) is 10.1 Å². The van der Waals surface area contributed by atoms with Gasteiger partial charge in [-0.3, -0.25) is 10.1 Å². The lowest BCUT2D eigenvalue weighted by atomic mass is 10.1. The summed E-state index contributed by atoms with van der Waals surface area (Å²) in [5.41, 5.74) is -0.700. The number of aromatic hydroxyl groups is 1. The first-order valence-corrected chi connectivity index (χ1v) is 6.50. The maximum absolute atomic E-state index is 11.5. The number of rotatable bonds is 7. The van der Waals surface area contributed by atoms with Gasteiger partial charge in [0.05, 0.1) is 11.5 Å². The lowest BCUT2D eigenvalue weighted by Crippen LogP contribution is -2.34. The fourth-order valence-electron chi connectivity index (χ4n) is 1.62. The zero-order valence-corrected chi connectivity index (χ0v) is 11.8. The van der Waals surface area contributed by atoms with Gasteiger partial charge in [0.15, 0.2) is 11.8 Å². The van der Waals surface area contributed by atoms with Gasteiger partial charge in [0.1, 0.15) is 0 Å². The summed E-state index contributed by atoms with van der Waals surface area (Å²) in [5, 5.41) is 31.4. The number of nitro benzene ring substituents is 1. The Bertz CT molecular complexity index is 574. The molecule has 0 bridgehead atoms. The molecule has 1 atom stereocenters. The number of carbonyl (C=O) groups is 2.